The fourth-order valence-electron chi connectivity index (χ4n) is 4.68. The fourth-order valence-corrected chi connectivity index (χ4v) is 5.61. The van der Waals surface area contributed by atoms with Crippen LogP contribution in [0.1, 0.15) is 48.6 Å². The average molecular weight is 542 g/mol. The summed E-state index contributed by atoms with van der Waals surface area (Å²) in [5.74, 6) is -0.710. The molecule has 1 saturated carbocycles. The summed E-state index contributed by atoms with van der Waals surface area (Å²) >= 11 is 3.27. The van der Waals surface area contributed by atoms with E-state index in [0.717, 1.165) is 30.2 Å². The lowest BCUT2D eigenvalue weighted by Crippen LogP contribution is -2.43. The number of ether oxygens (including phenoxy) is 1. The van der Waals surface area contributed by atoms with Crippen LogP contribution in [-0.2, 0) is 37.4 Å². The van der Waals surface area contributed by atoms with Gasteiger partial charge in [0.25, 0.3) is 10.1 Å². The lowest BCUT2D eigenvalue weighted by atomic mass is 9.75. The number of hydrogen-bond acceptors (Lipinski definition) is 7. The molecular formula is C22H25BrFN3O5S. The van der Waals surface area contributed by atoms with E-state index in [1.165, 1.54) is 18.0 Å². The summed E-state index contributed by atoms with van der Waals surface area (Å²) in [6.45, 7) is 1.96. The van der Waals surface area contributed by atoms with Gasteiger partial charge in [-0.15, -0.1) is 0 Å². The molecule has 0 amide bonds. The first-order valence-corrected chi connectivity index (χ1v) is 13.0. The van der Waals surface area contributed by atoms with E-state index < -0.39 is 22.2 Å². The predicted molar refractivity (Wildman–Crippen MR) is 122 cm³/mol. The second-order valence-electron chi connectivity index (χ2n) is 8.48. The quantitative estimate of drug-likeness (QED) is 0.313. The molecule has 0 radical (unpaired) electrons. The summed E-state index contributed by atoms with van der Waals surface area (Å²) in [7, 11) is -0.962. The Morgan fingerprint density at radius 1 is 1.33 bits per heavy atom. The number of methoxy groups -OCH3 is 1. The largest absolute Gasteiger partial charge is 0.466 e. The van der Waals surface area contributed by atoms with Crippen LogP contribution < -0.4 is 0 Å². The van der Waals surface area contributed by atoms with Gasteiger partial charge in [0.15, 0.2) is 6.10 Å². The van der Waals surface area contributed by atoms with Crippen LogP contribution in [-0.4, -0.2) is 48.5 Å². The number of aromatic nitrogens is 2. The second kappa shape index (κ2) is 8.84. The summed E-state index contributed by atoms with van der Waals surface area (Å²) < 4.78 is 51.3. The van der Waals surface area contributed by atoms with E-state index in [2.05, 4.69) is 21.0 Å². The lowest BCUT2D eigenvalue weighted by molar-refractivity contribution is -0.136. The van der Waals surface area contributed by atoms with Gasteiger partial charge in [-0.05, 0) is 70.9 Å². The molecule has 0 spiro atoms. The summed E-state index contributed by atoms with van der Waals surface area (Å²) in [5.41, 5.74) is 2.95. The molecule has 1 aliphatic carbocycles. The smallest absolute Gasteiger partial charge is 0.335 e. The molecule has 0 N–H and O–H groups in total. The number of aryl methyl sites for hydroxylation is 1. The van der Waals surface area contributed by atoms with Crippen LogP contribution in [0.4, 0.5) is 4.39 Å². The molecule has 1 unspecified atom stereocenters. The highest BCUT2D eigenvalue weighted by Crippen LogP contribution is 2.49. The highest BCUT2D eigenvalue weighted by molar-refractivity contribution is 9.10. The van der Waals surface area contributed by atoms with Crippen molar-refractivity contribution in [2.45, 2.75) is 44.4 Å². The van der Waals surface area contributed by atoms with Crippen molar-refractivity contribution in [3.63, 3.8) is 0 Å². The Labute approximate surface area is 200 Å². The number of halogens is 2. The Balaban J connectivity index is 1.90. The maximum Gasteiger partial charge on any atom is 0.335 e. The first-order valence-electron chi connectivity index (χ1n) is 10.4. The van der Waals surface area contributed by atoms with Crippen molar-refractivity contribution in [1.29, 1.82) is 0 Å². The SMILES string of the molecule is COC(=O)C(C)=C(C(OS(C)(=O)=O)c1ccnn1C)N1Cc2cc(Br)c(F)cc2C2CC1C2. The van der Waals surface area contributed by atoms with Crippen molar-refractivity contribution >= 4 is 32.0 Å². The van der Waals surface area contributed by atoms with Gasteiger partial charge in [-0.2, -0.15) is 13.5 Å². The normalized spacial score (nSPS) is 21.5. The Hall–Kier alpha value is -2.24. The minimum atomic E-state index is -3.91. The number of fused-ring (bicyclic) bond motifs is 1. The lowest BCUT2D eigenvalue weighted by Gasteiger charge is -2.44. The monoisotopic (exact) mass is 541 g/mol. The van der Waals surface area contributed by atoms with E-state index in [-0.39, 0.29) is 23.4 Å². The fraction of sp³-hybridized carbons (Fsp3) is 0.455. The van der Waals surface area contributed by atoms with Crippen LogP contribution in [0.15, 0.2) is 40.1 Å². The zero-order chi connectivity index (χ0) is 24.1. The van der Waals surface area contributed by atoms with Gasteiger partial charge in [0, 0.05) is 25.8 Å². The van der Waals surface area contributed by atoms with Crippen LogP contribution in [0.25, 0.3) is 0 Å². The van der Waals surface area contributed by atoms with E-state index >= 15 is 0 Å². The number of carbonyl (C=O) groups is 1. The molecule has 8 nitrogen and oxygen atoms in total. The standard InChI is InChI=1S/C22H25BrFN3O5S/c1-12(22(28)31-3)20(21(32-33(4,29)30)19-5-6-25-26(19)2)27-11-14-9-17(23)18(24)10-16(14)13-7-15(27)8-13/h5-6,9-10,13,15,21H,7-8,11H2,1-4H3. The van der Waals surface area contributed by atoms with Crippen molar-refractivity contribution in [3.05, 3.63) is 62.8 Å². The molecule has 1 aromatic carbocycles. The average Bonchev–Trinajstić information content (AvgIpc) is 3.00. The molecule has 0 saturated heterocycles. The first-order chi connectivity index (χ1) is 15.5. The number of carbonyl (C=O) groups excluding carboxylic acids is 1. The van der Waals surface area contributed by atoms with Crippen molar-refractivity contribution in [2.24, 2.45) is 7.05 Å². The van der Waals surface area contributed by atoms with E-state index in [9.17, 15) is 17.6 Å². The van der Waals surface area contributed by atoms with E-state index in [4.69, 9.17) is 8.92 Å². The van der Waals surface area contributed by atoms with Gasteiger partial charge in [0.2, 0.25) is 0 Å². The van der Waals surface area contributed by atoms with Crippen molar-refractivity contribution in [2.75, 3.05) is 13.4 Å². The molecule has 1 atom stereocenters. The highest BCUT2D eigenvalue weighted by atomic mass is 79.9. The molecular weight excluding hydrogens is 517 g/mol. The maximum atomic E-state index is 14.3. The van der Waals surface area contributed by atoms with Gasteiger partial charge in [-0.1, -0.05) is 0 Å². The molecule has 5 rings (SSSR count). The Kier molecular flexibility index (Phi) is 6.41. The van der Waals surface area contributed by atoms with E-state index in [0.29, 0.717) is 22.4 Å². The molecule has 2 bridgehead atoms. The third-order valence-electron chi connectivity index (χ3n) is 6.35. The zero-order valence-corrected chi connectivity index (χ0v) is 21.1. The molecule has 1 aromatic heterocycles. The Bertz CT molecular complexity index is 1240. The zero-order valence-electron chi connectivity index (χ0n) is 18.7. The molecule has 1 fully saturated rings. The van der Waals surface area contributed by atoms with Gasteiger partial charge >= 0.3 is 5.97 Å². The topological polar surface area (TPSA) is 90.7 Å². The first kappa shape index (κ1) is 23.9. The number of esters is 1. The van der Waals surface area contributed by atoms with Crippen LogP contribution in [0, 0.1) is 5.82 Å². The Morgan fingerprint density at radius 2 is 2.03 bits per heavy atom. The third kappa shape index (κ3) is 4.58. The molecule has 3 aliphatic rings. The number of rotatable bonds is 6. The van der Waals surface area contributed by atoms with Crippen LogP contribution in [0.5, 0.6) is 0 Å². The van der Waals surface area contributed by atoms with E-state index in [1.54, 1.807) is 32.2 Å². The molecule has 2 aromatic rings. The summed E-state index contributed by atoms with van der Waals surface area (Å²) in [6, 6.07) is 4.99. The number of nitrogens with zero attached hydrogens (tertiary/aromatic N) is 3. The molecule has 33 heavy (non-hydrogen) atoms. The van der Waals surface area contributed by atoms with Crippen LogP contribution in [0.2, 0.25) is 0 Å². The molecule has 3 heterocycles. The van der Waals surface area contributed by atoms with Crippen LogP contribution in [0.3, 0.4) is 0 Å². The van der Waals surface area contributed by atoms with Gasteiger partial charge in [0.1, 0.15) is 5.82 Å². The molecule has 178 valence electrons. The summed E-state index contributed by atoms with van der Waals surface area (Å²) in [6.07, 6.45) is 2.90. The minimum Gasteiger partial charge on any atom is -0.466 e. The highest BCUT2D eigenvalue weighted by Gasteiger charge is 2.44. The van der Waals surface area contributed by atoms with Gasteiger partial charge in [-0.3, -0.25) is 8.86 Å². The molecule has 2 aliphatic heterocycles. The van der Waals surface area contributed by atoms with Gasteiger partial charge in [-0.25, -0.2) is 9.18 Å². The maximum absolute atomic E-state index is 14.3. The second-order valence-corrected chi connectivity index (χ2v) is 10.9. The number of benzene rings is 1. The Morgan fingerprint density at radius 3 is 2.61 bits per heavy atom. The summed E-state index contributed by atoms with van der Waals surface area (Å²) in [5, 5.41) is 4.16. The third-order valence-corrected chi connectivity index (χ3v) is 7.50. The summed E-state index contributed by atoms with van der Waals surface area (Å²) in [4.78, 5) is 14.7. The van der Waals surface area contributed by atoms with E-state index in [1.807, 2.05) is 4.90 Å². The minimum absolute atomic E-state index is 0.0257. The van der Waals surface area contributed by atoms with Crippen molar-refractivity contribution in [1.82, 2.24) is 14.7 Å². The van der Waals surface area contributed by atoms with Crippen LogP contribution >= 0.6 is 15.9 Å². The van der Waals surface area contributed by atoms with Crippen molar-refractivity contribution < 1.29 is 26.5 Å². The predicted octanol–water partition coefficient (Wildman–Crippen LogP) is 3.55. The molecule has 11 heteroatoms. The van der Waals surface area contributed by atoms with Crippen molar-refractivity contribution in [3.8, 4) is 0 Å². The van der Waals surface area contributed by atoms with Gasteiger partial charge in [0.05, 0.1) is 34.8 Å². The number of hydrogen-bond donors (Lipinski definition) is 0. The van der Waals surface area contributed by atoms with Gasteiger partial charge < -0.3 is 9.64 Å².